The number of carbonyl (C=O) groups is 2. The lowest BCUT2D eigenvalue weighted by Gasteiger charge is -2.11. The smallest absolute Gasteiger partial charge is 0.343 e. The summed E-state index contributed by atoms with van der Waals surface area (Å²) in [5, 5.41) is 0. The molecule has 0 aliphatic heterocycles. The number of rotatable bonds is 4. The first-order valence-electron chi connectivity index (χ1n) is 7.47. The zero-order valence-corrected chi connectivity index (χ0v) is 15.2. The monoisotopic (exact) mass is 444 g/mol. The fourth-order valence-corrected chi connectivity index (χ4v) is 2.57. The first-order chi connectivity index (χ1) is 12.1. The van der Waals surface area contributed by atoms with Crippen molar-refractivity contribution in [3.63, 3.8) is 0 Å². The van der Waals surface area contributed by atoms with Gasteiger partial charge in [0.15, 0.2) is 11.5 Å². The second-order valence-corrected chi connectivity index (χ2v) is 6.35. The third-order valence-electron chi connectivity index (χ3n) is 3.33. The van der Waals surface area contributed by atoms with E-state index in [1.54, 1.807) is 66.7 Å². The molecule has 0 amide bonds. The first kappa shape index (κ1) is 17.2. The summed E-state index contributed by atoms with van der Waals surface area (Å²) in [5.74, 6) is -0.637. The number of benzene rings is 3. The number of carbonyl (C=O) groups excluding carboxylic acids is 2. The highest BCUT2D eigenvalue weighted by Gasteiger charge is 2.16. The van der Waals surface area contributed by atoms with Gasteiger partial charge in [0.05, 0.1) is 11.1 Å². The lowest BCUT2D eigenvalue weighted by atomic mass is 10.2. The van der Waals surface area contributed by atoms with E-state index in [2.05, 4.69) is 22.6 Å². The fourth-order valence-electron chi connectivity index (χ4n) is 2.11. The minimum absolute atomic E-state index is 0.193. The molecule has 3 rings (SSSR count). The Hall–Kier alpha value is -2.67. The van der Waals surface area contributed by atoms with Gasteiger partial charge in [0.2, 0.25) is 0 Å². The number of hydrogen-bond acceptors (Lipinski definition) is 4. The van der Waals surface area contributed by atoms with Crippen molar-refractivity contribution in [2.45, 2.75) is 0 Å². The van der Waals surface area contributed by atoms with Crippen LogP contribution in [0.25, 0.3) is 0 Å². The lowest BCUT2D eigenvalue weighted by Crippen LogP contribution is -2.12. The summed E-state index contributed by atoms with van der Waals surface area (Å²) in [6, 6.07) is 22.3. The first-order valence-corrected chi connectivity index (χ1v) is 8.55. The number of esters is 2. The van der Waals surface area contributed by atoms with Gasteiger partial charge in [-0.05, 0) is 65.1 Å². The summed E-state index contributed by atoms with van der Waals surface area (Å²) >= 11 is 2.10. The van der Waals surface area contributed by atoms with E-state index in [9.17, 15) is 9.59 Å². The van der Waals surface area contributed by atoms with Gasteiger partial charge in [-0.2, -0.15) is 0 Å². The molecule has 124 valence electrons. The van der Waals surface area contributed by atoms with Gasteiger partial charge in [0, 0.05) is 3.57 Å². The maximum atomic E-state index is 12.3. The Morgan fingerprint density at radius 1 is 0.640 bits per heavy atom. The highest BCUT2D eigenvalue weighted by atomic mass is 127. The summed E-state index contributed by atoms with van der Waals surface area (Å²) in [4.78, 5) is 24.5. The Kier molecular flexibility index (Phi) is 5.45. The molecule has 0 saturated heterocycles. The van der Waals surface area contributed by atoms with Crippen molar-refractivity contribution in [1.29, 1.82) is 0 Å². The Labute approximate surface area is 158 Å². The maximum absolute atomic E-state index is 12.3. The zero-order chi connectivity index (χ0) is 17.6. The van der Waals surface area contributed by atoms with Gasteiger partial charge >= 0.3 is 11.9 Å². The van der Waals surface area contributed by atoms with E-state index in [4.69, 9.17) is 9.47 Å². The van der Waals surface area contributed by atoms with Gasteiger partial charge < -0.3 is 9.47 Å². The van der Waals surface area contributed by atoms with Crippen LogP contribution in [0.15, 0.2) is 78.9 Å². The molecule has 0 aromatic heterocycles. The molecule has 25 heavy (non-hydrogen) atoms. The number of halogens is 1. The minimum Gasteiger partial charge on any atom is -0.419 e. The molecule has 0 aliphatic carbocycles. The molecule has 0 aliphatic rings. The minimum atomic E-state index is -0.515. The lowest BCUT2D eigenvalue weighted by molar-refractivity contribution is 0.0682. The van der Waals surface area contributed by atoms with Gasteiger partial charge in [0.25, 0.3) is 0 Å². The van der Waals surface area contributed by atoms with Crippen LogP contribution in [0.5, 0.6) is 11.5 Å². The van der Waals surface area contributed by atoms with E-state index in [0.717, 1.165) is 3.57 Å². The van der Waals surface area contributed by atoms with Gasteiger partial charge in [0.1, 0.15) is 0 Å². The summed E-state index contributed by atoms with van der Waals surface area (Å²) in [6.07, 6.45) is 0. The van der Waals surface area contributed by atoms with Gasteiger partial charge in [-0.1, -0.05) is 36.4 Å². The molecule has 0 bridgehead atoms. The van der Waals surface area contributed by atoms with E-state index in [1.165, 1.54) is 0 Å². The van der Waals surface area contributed by atoms with Crippen molar-refractivity contribution in [1.82, 2.24) is 0 Å². The molecule has 0 fully saturated rings. The summed E-state index contributed by atoms with van der Waals surface area (Å²) in [5.41, 5.74) is 0.836. The molecule has 0 heterocycles. The number of ether oxygens (including phenoxy) is 2. The highest BCUT2D eigenvalue weighted by molar-refractivity contribution is 14.1. The molecule has 0 radical (unpaired) electrons. The van der Waals surface area contributed by atoms with E-state index in [1.807, 2.05) is 12.1 Å². The topological polar surface area (TPSA) is 52.6 Å². The van der Waals surface area contributed by atoms with Crippen LogP contribution in [-0.2, 0) is 0 Å². The molecular weight excluding hydrogens is 431 g/mol. The van der Waals surface area contributed by atoms with Gasteiger partial charge in [-0.25, -0.2) is 9.59 Å². The van der Waals surface area contributed by atoms with Crippen LogP contribution in [0, 0.1) is 3.57 Å². The SMILES string of the molecule is O=C(Oc1ccc(I)cc1OC(=O)c1ccccc1)c1ccccc1. The van der Waals surface area contributed by atoms with E-state index in [-0.39, 0.29) is 11.5 Å². The van der Waals surface area contributed by atoms with E-state index < -0.39 is 11.9 Å². The largest absolute Gasteiger partial charge is 0.419 e. The molecular formula is C20H13IO4. The van der Waals surface area contributed by atoms with Crippen LogP contribution >= 0.6 is 22.6 Å². The van der Waals surface area contributed by atoms with Crippen LogP contribution in [0.1, 0.15) is 20.7 Å². The fraction of sp³-hybridized carbons (Fsp3) is 0. The Bertz CT molecular complexity index is 892. The number of hydrogen-bond donors (Lipinski definition) is 0. The van der Waals surface area contributed by atoms with Crippen molar-refractivity contribution in [3.05, 3.63) is 93.6 Å². The molecule has 0 spiro atoms. The molecule has 4 nitrogen and oxygen atoms in total. The quantitative estimate of drug-likeness (QED) is 0.332. The third-order valence-corrected chi connectivity index (χ3v) is 4.00. The maximum Gasteiger partial charge on any atom is 0.343 e. The van der Waals surface area contributed by atoms with Crippen molar-refractivity contribution in [2.75, 3.05) is 0 Å². The van der Waals surface area contributed by atoms with Gasteiger partial charge in [-0.3, -0.25) is 0 Å². The van der Waals surface area contributed by atoms with Crippen LogP contribution < -0.4 is 9.47 Å². The van der Waals surface area contributed by atoms with E-state index in [0.29, 0.717) is 11.1 Å². The Morgan fingerprint density at radius 3 is 1.64 bits per heavy atom. The van der Waals surface area contributed by atoms with Crippen LogP contribution in [0.2, 0.25) is 0 Å². The molecule has 3 aromatic carbocycles. The van der Waals surface area contributed by atoms with Crippen molar-refractivity contribution < 1.29 is 19.1 Å². The standard InChI is InChI=1S/C20H13IO4/c21-16-11-12-17(24-19(22)14-7-3-1-4-8-14)18(13-16)25-20(23)15-9-5-2-6-10-15/h1-13H. The van der Waals surface area contributed by atoms with E-state index >= 15 is 0 Å². The second kappa shape index (κ2) is 7.94. The van der Waals surface area contributed by atoms with Crippen LogP contribution in [-0.4, -0.2) is 11.9 Å². The zero-order valence-electron chi connectivity index (χ0n) is 13.0. The second-order valence-electron chi connectivity index (χ2n) is 5.10. The molecule has 5 heteroatoms. The van der Waals surface area contributed by atoms with Crippen molar-refractivity contribution in [2.24, 2.45) is 0 Å². The predicted molar refractivity (Wildman–Crippen MR) is 102 cm³/mol. The predicted octanol–water partition coefficient (Wildman–Crippen LogP) is 4.73. The third kappa shape index (κ3) is 4.45. The molecule has 0 unspecified atom stereocenters. The van der Waals surface area contributed by atoms with Gasteiger partial charge in [-0.15, -0.1) is 0 Å². The summed E-state index contributed by atoms with van der Waals surface area (Å²) in [7, 11) is 0. The molecule has 3 aromatic rings. The highest BCUT2D eigenvalue weighted by Crippen LogP contribution is 2.30. The Balaban J connectivity index is 1.83. The molecule has 0 saturated carbocycles. The molecule has 0 N–H and O–H groups in total. The molecule has 0 atom stereocenters. The Morgan fingerprint density at radius 2 is 1.12 bits per heavy atom. The van der Waals surface area contributed by atoms with Crippen LogP contribution in [0.3, 0.4) is 0 Å². The summed E-state index contributed by atoms with van der Waals surface area (Å²) in [6.45, 7) is 0. The van der Waals surface area contributed by atoms with Crippen molar-refractivity contribution in [3.8, 4) is 11.5 Å². The van der Waals surface area contributed by atoms with Crippen molar-refractivity contribution >= 4 is 34.5 Å². The normalized spacial score (nSPS) is 10.1. The summed E-state index contributed by atoms with van der Waals surface area (Å²) < 4.78 is 11.7. The average molecular weight is 444 g/mol. The van der Waals surface area contributed by atoms with Crippen LogP contribution in [0.4, 0.5) is 0 Å². The average Bonchev–Trinajstić information content (AvgIpc) is 2.65.